The number of aromatic nitrogens is 2. The summed E-state index contributed by atoms with van der Waals surface area (Å²) in [5, 5.41) is 9.06. The van der Waals surface area contributed by atoms with E-state index >= 15 is 0 Å². The Bertz CT molecular complexity index is 786. The number of nitrogens with one attached hydrogen (secondary N) is 1. The molecule has 0 amide bonds. The summed E-state index contributed by atoms with van der Waals surface area (Å²) >= 11 is 3.19. The monoisotopic (exact) mass is 373 g/mol. The number of rotatable bonds is 5. The second-order valence-electron chi connectivity index (χ2n) is 4.11. The zero-order valence-electron chi connectivity index (χ0n) is 10.9. The van der Waals surface area contributed by atoms with Gasteiger partial charge < -0.3 is 9.67 Å². The van der Waals surface area contributed by atoms with Crippen molar-refractivity contribution in [2.75, 3.05) is 4.72 Å². The quantitative estimate of drug-likeness (QED) is 0.835. The fourth-order valence-electron chi connectivity index (χ4n) is 1.73. The highest BCUT2D eigenvalue weighted by Crippen LogP contribution is 2.24. The van der Waals surface area contributed by atoms with Crippen LogP contribution in [0.1, 0.15) is 17.4 Å². The number of halogens is 1. The van der Waals surface area contributed by atoms with Crippen molar-refractivity contribution in [2.45, 2.75) is 18.4 Å². The molecule has 0 fully saturated rings. The van der Waals surface area contributed by atoms with E-state index in [1.807, 2.05) is 0 Å². The van der Waals surface area contributed by atoms with Gasteiger partial charge in [0.15, 0.2) is 0 Å². The van der Waals surface area contributed by atoms with Crippen molar-refractivity contribution in [1.82, 2.24) is 9.55 Å². The number of hydrogen-bond donors (Lipinski definition) is 2. The molecule has 0 spiro atoms. The van der Waals surface area contributed by atoms with Crippen molar-refractivity contribution in [3.8, 4) is 0 Å². The molecule has 0 unspecified atom stereocenters. The Morgan fingerprint density at radius 3 is 2.76 bits per heavy atom. The topological polar surface area (TPSA) is 101 Å². The third-order valence-corrected chi connectivity index (χ3v) is 4.72. The summed E-state index contributed by atoms with van der Waals surface area (Å²) in [6.07, 6.45) is 4.20. The van der Waals surface area contributed by atoms with Crippen LogP contribution in [-0.4, -0.2) is 29.0 Å². The first-order valence-electron chi connectivity index (χ1n) is 5.91. The molecule has 9 heteroatoms. The van der Waals surface area contributed by atoms with Gasteiger partial charge in [0.05, 0.1) is 10.2 Å². The third kappa shape index (κ3) is 3.24. The van der Waals surface area contributed by atoms with E-state index in [9.17, 15) is 13.2 Å². The normalized spacial score (nSPS) is 11.3. The summed E-state index contributed by atoms with van der Waals surface area (Å²) in [7, 11) is -3.87. The van der Waals surface area contributed by atoms with Crippen molar-refractivity contribution >= 4 is 37.6 Å². The van der Waals surface area contributed by atoms with E-state index in [1.165, 1.54) is 29.2 Å². The Morgan fingerprint density at radius 2 is 2.24 bits per heavy atom. The minimum atomic E-state index is -3.87. The first kappa shape index (κ1) is 15.5. The van der Waals surface area contributed by atoms with Crippen LogP contribution in [-0.2, 0) is 16.6 Å². The lowest BCUT2D eigenvalue weighted by Crippen LogP contribution is -2.12. The van der Waals surface area contributed by atoms with E-state index in [-0.39, 0.29) is 10.6 Å². The molecule has 21 heavy (non-hydrogen) atoms. The average Bonchev–Trinajstić information content (AvgIpc) is 2.86. The maximum Gasteiger partial charge on any atom is 0.352 e. The molecule has 2 aromatic heterocycles. The van der Waals surface area contributed by atoms with E-state index in [0.717, 1.165) is 6.07 Å². The Labute approximate surface area is 129 Å². The summed E-state index contributed by atoms with van der Waals surface area (Å²) in [4.78, 5) is 14.8. The van der Waals surface area contributed by atoms with Gasteiger partial charge in [-0.2, -0.15) is 0 Å². The van der Waals surface area contributed by atoms with Crippen LogP contribution in [0.15, 0.2) is 40.1 Å². The highest BCUT2D eigenvalue weighted by Gasteiger charge is 2.21. The highest BCUT2D eigenvalue weighted by atomic mass is 79.9. The number of sulfonamides is 1. The zero-order valence-corrected chi connectivity index (χ0v) is 13.3. The summed E-state index contributed by atoms with van der Waals surface area (Å²) < 4.78 is 28.8. The lowest BCUT2D eigenvalue weighted by molar-refractivity contribution is 0.0685. The van der Waals surface area contributed by atoms with E-state index in [2.05, 4.69) is 25.6 Å². The Kier molecular flexibility index (Phi) is 4.33. The molecule has 112 valence electrons. The first-order valence-corrected chi connectivity index (χ1v) is 8.18. The molecule has 0 aliphatic heterocycles. The van der Waals surface area contributed by atoms with Gasteiger partial charge in [-0.05, 0) is 35.0 Å². The van der Waals surface area contributed by atoms with Crippen LogP contribution in [0.2, 0.25) is 0 Å². The summed E-state index contributed by atoms with van der Waals surface area (Å²) in [5.74, 6) is -1.18. The number of anilines is 1. The van der Waals surface area contributed by atoms with Crippen LogP contribution in [0.3, 0.4) is 0 Å². The second kappa shape index (κ2) is 5.86. The highest BCUT2D eigenvalue weighted by molar-refractivity contribution is 9.10. The first-order chi connectivity index (χ1) is 9.85. The maximum absolute atomic E-state index is 12.3. The van der Waals surface area contributed by atoms with E-state index in [4.69, 9.17) is 5.11 Å². The van der Waals surface area contributed by atoms with Gasteiger partial charge in [-0.1, -0.05) is 0 Å². The maximum atomic E-state index is 12.3. The number of carboxylic acid groups (broad SMARTS) is 1. The molecule has 0 atom stereocenters. The van der Waals surface area contributed by atoms with E-state index in [1.54, 1.807) is 6.92 Å². The summed E-state index contributed by atoms with van der Waals surface area (Å²) in [6, 6.07) is 2.62. The lowest BCUT2D eigenvalue weighted by atomic mass is 10.4. The number of carbonyl (C=O) groups is 1. The molecule has 2 rings (SSSR count). The smallest absolute Gasteiger partial charge is 0.352 e. The second-order valence-corrected chi connectivity index (χ2v) is 6.65. The van der Waals surface area contributed by atoms with Gasteiger partial charge >= 0.3 is 5.97 Å². The van der Waals surface area contributed by atoms with Crippen LogP contribution in [0.5, 0.6) is 0 Å². The minimum Gasteiger partial charge on any atom is -0.477 e. The molecule has 0 aromatic carbocycles. The van der Waals surface area contributed by atoms with Crippen LogP contribution in [0, 0.1) is 0 Å². The van der Waals surface area contributed by atoms with Crippen molar-refractivity contribution < 1.29 is 18.3 Å². The molecule has 2 aromatic rings. The van der Waals surface area contributed by atoms with Crippen molar-refractivity contribution in [3.05, 3.63) is 40.9 Å². The molecular formula is C12H12BrN3O4S. The number of hydrogen-bond acceptors (Lipinski definition) is 4. The van der Waals surface area contributed by atoms with Gasteiger partial charge in [-0.25, -0.2) is 13.2 Å². The largest absolute Gasteiger partial charge is 0.477 e. The predicted octanol–water partition coefficient (Wildman–Crippen LogP) is 2.16. The van der Waals surface area contributed by atoms with Gasteiger partial charge in [0.25, 0.3) is 10.0 Å². The number of pyridine rings is 1. The Morgan fingerprint density at radius 1 is 1.52 bits per heavy atom. The number of aromatic carboxylic acids is 1. The molecule has 0 radical (unpaired) electrons. The van der Waals surface area contributed by atoms with Crippen LogP contribution >= 0.6 is 15.9 Å². The molecule has 2 heterocycles. The molecule has 0 aliphatic carbocycles. The number of carboxylic acids is 1. The molecular weight excluding hydrogens is 362 g/mol. The summed E-state index contributed by atoms with van der Waals surface area (Å²) in [5.41, 5.74) is 0.248. The fourth-order valence-corrected chi connectivity index (χ4v) is 3.33. The minimum absolute atomic E-state index is 0.0772. The van der Waals surface area contributed by atoms with Crippen LogP contribution in [0.4, 0.5) is 5.69 Å². The van der Waals surface area contributed by atoms with Gasteiger partial charge in [0, 0.05) is 25.1 Å². The fraction of sp³-hybridized carbons (Fsp3) is 0.167. The molecule has 7 nitrogen and oxygen atoms in total. The molecule has 0 aliphatic rings. The van der Waals surface area contributed by atoms with Crippen molar-refractivity contribution in [3.63, 3.8) is 0 Å². The van der Waals surface area contributed by atoms with Gasteiger partial charge in [0.1, 0.15) is 10.6 Å². The standard InChI is InChI=1S/C12H12BrN3O4S/c1-2-16-7-8(5-11(16)12(17)18)21(19,20)15-10-3-4-14-6-9(10)13/h3-7H,2H2,1H3,(H,14,15)(H,17,18). The summed E-state index contributed by atoms with van der Waals surface area (Å²) in [6.45, 7) is 2.09. The van der Waals surface area contributed by atoms with Gasteiger partial charge in [0.2, 0.25) is 0 Å². The van der Waals surface area contributed by atoms with Gasteiger partial charge in [-0.15, -0.1) is 0 Å². The van der Waals surface area contributed by atoms with Crippen molar-refractivity contribution in [1.29, 1.82) is 0 Å². The SMILES string of the molecule is CCn1cc(S(=O)(=O)Nc2ccncc2Br)cc1C(=O)O. The van der Waals surface area contributed by atoms with Gasteiger partial charge in [-0.3, -0.25) is 9.71 Å². The lowest BCUT2D eigenvalue weighted by Gasteiger charge is -2.07. The molecule has 0 bridgehead atoms. The Hall–Kier alpha value is -1.87. The molecule has 0 saturated heterocycles. The van der Waals surface area contributed by atoms with Crippen molar-refractivity contribution in [2.24, 2.45) is 0 Å². The zero-order chi connectivity index (χ0) is 15.6. The molecule has 0 saturated carbocycles. The third-order valence-electron chi connectivity index (χ3n) is 2.76. The molecule has 2 N–H and O–H groups in total. The predicted molar refractivity (Wildman–Crippen MR) is 79.8 cm³/mol. The van der Waals surface area contributed by atoms with Crippen LogP contribution in [0.25, 0.3) is 0 Å². The number of nitrogens with zero attached hydrogens (tertiary/aromatic N) is 2. The van der Waals surface area contributed by atoms with E-state index < -0.39 is 16.0 Å². The van der Waals surface area contributed by atoms with E-state index in [0.29, 0.717) is 16.7 Å². The number of aryl methyl sites for hydroxylation is 1. The van der Waals surface area contributed by atoms with Crippen LogP contribution < -0.4 is 4.72 Å². The Balaban J connectivity index is 2.41. The average molecular weight is 374 g/mol.